The van der Waals surface area contributed by atoms with Gasteiger partial charge >= 0.3 is 0 Å². The van der Waals surface area contributed by atoms with Gasteiger partial charge in [0.2, 0.25) is 0 Å². The molecular weight excluding hydrogens is 272 g/mol. The average molecular weight is 298 g/mol. The Balaban J connectivity index is 1.66. The zero-order valence-corrected chi connectivity index (χ0v) is 13.7. The van der Waals surface area contributed by atoms with Gasteiger partial charge in [-0.1, -0.05) is 13.0 Å². The molecule has 2 nitrogen and oxygen atoms in total. The van der Waals surface area contributed by atoms with Gasteiger partial charge in [0.25, 0.3) is 0 Å². The Hall–Kier alpha value is -1.31. The molecule has 3 aliphatic carbocycles. The van der Waals surface area contributed by atoms with Gasteiger partial charge in [0.05, 0.1) is 6.61 Å². The first-order valence-electron chi connectivity index (χ1n) is 8.92. The molecule has 4 rings (SSSR count). The van der Waals surface area contributed by atoms with E-state index in [4.69, 9.17) is 4.74 Å². The van der Waals surface area contributed by atoms with E-state index in [1.54, 1.807) is 5.56 Å². The fourth-order valence-electron chi connectivity index (χ4n) is 5.59. The van der Waals surface area contributed by atoms with E-state index in [2.05, 4.69) is 25.1 Å². The van der Waals surface area contributed by atoms with Crippen LogP contribution in [0.2, 0.25) is 0 Å². The number of hydrogen-bond acceptors (Lipinski definition) is 2. The maximum atomic E-state index is 12.4. The van der Waals surface area contributed by atoms with Crippen molar-refractivity contribution in [2.24, 2.45) is 17.3 Å². The van der Waals surface area contributed by atoms with Gasteiger partial charge in [-0.3, -0.25) is 4.79 Å². The van der Waals surface area contributed by atoms with Gasteiger partial charge in [0, 0.05) is 11.8 Å². The first kappa shape index (κ1) is 14.3. The number of fused-ring (bicyclic) bond motifs is 5. The van der Waals surface area contributed by atoms with E-state index in [-0.39, 0.29) is 5.41 Å². The largest absolute Gasteiger partial charge is 0.494 e. The third-order valence-corrected chi connectivity index (χ3v) is 6.72. The molecule has 0 amide bonds. The van der Waals surface area contributed by atoms with Crippen LogP contribution in [0.15, 0.2) is 18.2 Å². The molecule has 2 saturated carbocycles. The number of rotatable bonds is 2. The fourth-order valence-corrected chi connectivity index (χ4v) is 5.59. The normalized spacial score (nSPS) is 36.5. The van der Waals surface area contributed by atoms with Crippen LogP contribution in [0.4, 0.5) is 0 Å². The molecule has 2 heteroatoms. The number of aryl methyl sites for hydroxylation is 1. The average Bonchev–Trinajstić information content (AvgIpc) is 2.83. The summed E-state index contributed by atoms with van der Waals surface area (Å²) in [7, 11) is 0. The lowest BCUT2D eigenvalue weighted by molar-refractivity contribution is -0.129. The lowest BCUT2D eigenvalue weighted by Gasteiger charge is -2.48. The molecule has 118 valence electrons. The highest BCUT2D eigenvalue weighted by atomic mass is 16.5. The molecule has 0 aliphatic heterocycles. The molecule has 0 saturated heterocycles. The zero-order valence-electron chi connectivity index (χ0n) is 13.7. The molecule has 0 radical (unpaired) electrons. The van der Waals surface area contributed by atoms with Crippen LogP contribution in [0.25, 0.3) is 0 Å². The van der Waals surface area contributed by atoms with Gasteiger partial charge in [-0.15, -0.1) is 0 Å². The van der Waals surface area contributed by atoms with E-state index in [1.807, 2.05) is 6.92 Å². The fraction of sp³-hybridized carbons (Fsp3) is 0.650. The summed E-state index contributed by atoms with van der Waals surface area (Å²) >= 11 is 0. The number of ketones is 1. The molecule has 22 heavy (non-hydrogen) atoms. The number of hydrogen-bond donors (Lipinski definition) is 0. The molecule has 4 atom stereocenters. The molecule has 0 heterocycles. The third-order valence-electron chi connectivity index (χ3n) is 6.72. The van der Waals surface area contributed by atoms with E-state index in [0.717, 1.165) is 44.0 Å². The van der Waals surface area contributed by atoms with Crippen LogP contribution in [0.3, 0.4) is 0 Å². The third kappa shape index (κ3) is 1.96. The number of ether oxygens (including phenoxy) is 1. The van der Waals surface area contributed by atoms with Crippen molar-refractivity contribution in [2.75, 3.05) is 6.61 Å². The SMILES string of the molecule is CCOc1ccc2c(c1)CC[C@@H]1[C@H]3CCC(=O)[C@@]3(C)CC[C@@H]21. The van der Waals surface area contributed by atoms with E-state index in [1.165, 1.54) is 18.4 Å². The molecule has 0 N–H and O–H groups in total. The van der Waals surface area contributed by atoms with E-state index in [9.17, 15) is 4.79 Å². The van der Waals surface area contributed by atoms with Crippen LogP contribution in [-0.2, 0) is 11.2 Å². The number of Topliss-reactive ketones (excluding diaryl/α,β-unsaturated/α-hetero) is 1. The van der Waals surface area contributed by atoms with Crippen LogP contribution < -0.4 is 4.74 Å². The monoisotopic (exact) mass is 298 g/mol. The molecule has 1 aromatic rings. The van der Waals surface area contributed by atoms with Gasteiger partial charge in [0.1, 0.15) is 11.5 Å². The second-order valence-corrected chi connectivity index (χ2v) is 7.63. The lowest BCUT2D eigenvalue weighted by Crippen LogP contribution is -2.42. The van der Waals surface area contributed by atoms with Crippen molar-refractivity contribution in [3.8, 4) is 5.75 Å². The second-order valence-electron chi connectivity index (χ2n) is 7.63. The van der Waals surface area contributed by atoms with Gasteiger partial charge < -0.3 is 4.74 Å². The molecule has 0 bridgehead atoms. The topological polar surface area (TPSA) is 26.3 Å². The summed E-state index contributed by atoms with van der Waals surface area (Å²) < 4.78 is 5.66. The van der Waals surface area contributed by atoms with Crippen LogP contribution in [0.1, 0.15) is 63.0 Å². The number of benzene rings is 1. The predicted octanol–water partition coefficient (Wildman–Crippen LogP) is 4.51. The molecule has 2 fully saturated rings. The Bertz CT molecular complexity index is 606. The highest BCUT2D eigenvalue weighted by Crippen LogP contribution is 2.59. The summed E-state index contributed by atoms with van der Waals surface area (Å²) in [5.41, 5.74) is 3.02. The summed E-state index contributed by atoms with van der Waals surface area (Å²) in [4.78, 5) is 12.4. The standard InChI is InChI=1S/C20H26O2/c1-3-22-14-5-7-15-13(12-14)4-6-17-16(15)10-11-20(2)18(17)8-9-19(20)21/h5,7,12,16-18H,3-4,6,8-11H2,1-2H3/t16-,17-,18+,20-/m0/s1. The first-order valence-corrected chi connectivity index (χ1v) is 8.92. The molecule has 0 aromatic heterocycles. The second kappa shape index (κ2) is 5.11. The van der Waals surface area contributed by atoms with Gasteiger partial charge in [0.15, 0.2) is 0 Å². The molecule has 3 aliphatic rings. The Morgan fingerprint density at radius 1 is 1.23 bits per heavy atom. The van der Waals surface area contributed by atoms with Crippen molar-refractivity contribution in [2.45, 2.75) is 58.3 Å². The van der Waals surface area contributed by atoms with Gasteiger partial charge in [-0.2, -0.15) is 0 Å². The molecule has 0 unspecified atom stereocenters. The number of carbonyl (C=O) groups is 1. The van der Waals surface area contributed by atoms with Crippen molar-refractivity contribution < 1.29 is 9.53 Å². The van der Waals surface area contributed by atoms with Crippen molar-refractivity contribution in [3.63, 3.8) is 0 Å². The Morgan fingerprint density at radius 3 is 2.91 bits per heavy atom. The van der Waals surface area contributed by atoms with Crippen molar-refractivity contribution in [1.82, 2.24) is 0 Å². The Labute approximate surface area is 133 Å². The van der Waals surface area contributed by atoms with Crippen molar-refractivity contribution >= 4 is 5.78 Å². The van der Waals surface area contributed by atoms with Gasteiger partial charge in [-0.05, 0) is 80.0 Å². The Kier molecular flexibility index (Phi) is 3.32. The summed E-state index contributed by atoms with van der Waals surface area (Å²) in [6, 6.07) is 6.69. The van der Waals surface area contributed by atoms with Crippen molar-refractivity contribution in [3.05, 3.63) is 29.3 Å². The minimum absolute atomic E-state index is 0.00999. The summed E-state index contributed by atoms with van der Waals surface area (Å²) in [6.45, 7) is 5.01. The zero-order chi connectivity index (χ0) is 15.3. The van der Waals surface area contributed by atoms with Crippen LogP contribution in [-0.4, -0.2) is 12.4 Å². The smallest absolute Gasteiger partial charge is 0.139 e. The van der Waals surface area contributed by atoms with Crippen molar-refractivity contribution in [1.29, 1.82) is 0 Å². The minimum Gasteiger partial charge on any atom is -0.494 e. The van der Waals surface area contributed by atoms with Crippen LogP contribution in [0, 0.1) is 17.3 Å². The number of carbonyl (C=O) groups excluding carboxylic acids is 1. The molecule has 0 spiro atoms. The lowest BCUT2D eigenvalue weighted by atomic mass is 9.55. The minimum atomic E-state index is -0.00999. The highest BCUT2D eigenvalue weighted by molar-refractivity contribution is 5.87. The maximum absolute atomic E-state index is 12.4. The first-order chi connectivity index (χ1) is 10.6. The summed E-state index contributed by atoms with van der Waals surface area (Å²) in [5, 5.41) is 0. The predicted molar refractivity (Wildman–Crippen MR) is 87.2 cm³/mol. The maximum Gasteiger partial charge on any atom is 0.139 e. The summed E-state index contributed by atoms with van der Waals surface area (Å²) in [6.07, 6.45) is 6.62. The summed E-state index contributed by atoms with van der Waals surface area (Å²) in [5.74, 6) is 3.56. The van der Waals surface area contributed by atoms with E-state index < -0.39 is 0 Å². The highest BCUT2D eigenvalue weighted by Gasteiger charge is 2.54. The molecular formula is C20H26O2. The van der Waals surface area contributed by atoms with Crippen LogP contribution >= 0.6 is 0 Å². The van der Waals surface area contributed by atoms with Crippen LogP contribution in [0.5, 0.6) is 5.75 Å². The molecule has 1 aromatic carbocycles. The van der Waals surface area contributed by atoms with Gasteiger partial charge in [-0.25, -0.2) is 0 Å². The van der Waals surface area contributed by atoms with E-state index in [0.29, 0.717) is 17.6 Å². The van der Waals surface area contributed by atoms with E-state index >= 15 is 0 Å². The quantitative estimate of drug-likeness (QED) is 0.803. The Morgan fingerprint density at radius 2 is 2.09 bits per heavy atom.